The number of rotatable bonds is 6. The van der Waals surface area contributed by atoms with Crippen molar-refractivity contribution in [2.75, 3.05) is 28.6 Å². The van der Waals surface area contributed by atoms with E-state index in [0.29, 0.717) is 11.3 Å². The van der Waals surface area contributed by atoms with Gasteiger partial charge >= 0.3 is 0 Å². The van der Waals surface area contributed by atoms with E-state index >= 15 is 0 Å². The number of hydrogen-bond acceptors (Lipinski definition) is 5. The Kier molecular flexibility index (Phi) is 6.21. The fourth-order valence-corrected chi connectivity index (χ4v) is 3.47. The summed E-state index contributed by atoms with van der Waals surface area (Å²) in [5.74, 6) is 1.70. The van der Waals surface area contributed by atoms with Crippen LogP contribution in [0, 0.1) is 12.7 Å². The highest BCUT2D eigenvalue weighted by atomic mass is 19.1. The fraction of sp³-hybridized carbons (Fsp3) is 0.208. The first kappa shape index (κ1) is 20.5. The number of carbonyl (C=O) groups is 1. The number of aryl methyl sites for hydroxylation is 1. The first-order valence-electron chi connectivity index (χ1n) is 10.3. The van der Waals surface area contributed by atoms with E-state index in [1.165, 1.54) is 31.1 Å². The number of amides is 1. The van der Waals surface area contributed by atoms with Crippen molar-refractivity contribution in [2.45, 2.75) is 19.8 Å². The van der Waals surface area contributed by atoms with Crippen molar-refractivity contribution < 1.29 is 9.18 Å². The van der Waals surface area contributed by atoms with E-state index in [0.717, 1.165) is 36.2 Å². The van der Waals surface area contributed by atoms with Crippen molar-refractivity contribution >= 4 is 35.0 Å². The highest BCUT2D eigenvalue weighted by molar-refractivity contribution is 6.02. The Labute approximate surface area is 180 Å². The summed E-state index contributed by atoms with van der Waals surface area (Å²) in [7, 11) is 0. The highest BCUT2D eigenvalue weighted by Crippen LogP contribution is 2.23. The van der Waals surface area contributed by atoms with Crippen LogP contribution < -0.4 is 15.5 Å². The molecule has 2 aromatic carbocycles. The van der Waals surface area contributed by atoms with Crippen LogP contribution in [0.3, 0.4) is 0 Å². The van der Waals surface area contributed by atoms with Gasteiger partial charge in [0.25, 0.3) is 0 Å². The van der Waals surface area contributed by atoms with Gasteiger partial charge in [-0.1, -0.05) is 18.2 Å². The molecule has 3 aromatic rings. The van der Waals surface area contributed by atoms with Crippen LogP contribution in [0.5, 0.6) is 0 Å². The van der Waals surface area contributed by atoms with E-state index < -0.39 is 0 Å². The van der Waals surface area contributed by atoms with Crippen LogP contribution in [0.4, 0.5) is 27.4 Å². The Morgan fingerprint density at radius 3 is 2.48 bits per heavy atom. The number of carbonyl (C=O) groups excluding carboxylic acids is 1. The molecule has 2 N–H and O–H groups in total. The van der Waals surface area contributed by atoms with Gasteiger partial charge in [0.1, 0.15) is 23.3 Å². The molecular weight excluding hydrogens is 393 g/mol. The normalized spacial score (nSPS) is 13.5. The lowest BCUT2D eigenvalue weighted by atomic mass is 10.2. The van der Waals surface area contributed by atoms with Crippen LogP contribution in [-0.2, 0) is 4.79 Å². The molecule has 1 fully saturated rings. The first-order valence-corrected chi connectivity index (χ1v) is 10.3. The van der Waals surface area contributed by atoms with Crippen molar-refractivity contribution in [3.8, 4) is 0 Å². The van der Waals surface area contributed by atoms with E-state index in [-0.39, 0.29) is 11.7 Å². The zero-order chi connectivity index (χ0) is 21.6. The Morgan fingerprint density at radius 1 is 1.03 bits per heavy atom. The summed E-state index contributed by atoms with van der Waals surface area (Å²) in [4.78, 5) is 23.4. The van der Waals surface area contributed by atoms with Gasteiger partial charge in [-0.2, -0.15) is 0 Å². The molecule has 0 aliphatic carbocycles. The predicted octanol–water partition coefficient (Wildman–Crippen LogP) is 4.92. The summed E-state index contributed by atoms with van der Waals surface area (Å²) in [5, 5.41) is 6.07. The second-order valence-electron chi connectivity index (χ2n) is 7.40. The van der Waals surface area contributed by atoms with Crippen molar-refractivity contribution in [3.63, 3.8) is 0 Å². The lowest BCUT2D eigenvalue weighted by Crippen LogP contribution is -2.19. The van der Waals surface area contributed by atoms with Crippen LogP contribution >= 0.6 is 0 Å². The molecule has 2 heterocycles. The van der Waals surface area contributed by atoms with Gasteiger partial charge < -0.3 is 15.5 Å². The molecule has 0 atom stereocenters. The minimum Gasteiger partial charge on any atom is -0.356 e. The summed E-state index contributed by atoms with van der Waals surface area (Å²) in [6.07, 6.45) is 5.15. The van der Waals surface area contributed by atoms with Crippen LogP contribution in [-0.4, -0.2) is 29.0 Å². The highest BCUT2D eigenvalue weighted by Gasteiger charge is 2.15. The van der Waals surface area contributed by atoms with Crippen LogP contribution in [0.1, 0.15) is 24.2 Å². The first-order chi connectivity index (χ1) is 15.1. The average molecular weight is 417 g/mol. The van der Waals surface area contributed by atoms with E-state index in [1.807, 2.05) is 25.1 Å². The fourth-order valence-electron chi connectivity index (χ4n) is 3.47. The molecular formula is C24H24FN5O. The number of nitrogens with zero attached hydrogens (tertiary/aromatic N) is 3. The number of anilines is 4. The maximum Gasteiger partial charge on any atom is 0.248 e. The van der Waals surface area contributed by atoms with Gasteiger partial charge in [-0.25, -0.2) is 14.4 Å². The van der Waals surface area contributed by atoms with Gasteiger partial charge in [-0.3, -0.25) is 4.79 Å². The lowest BCUT2D eigenvalue weighted by Gasteiger charge is -2.18. The third-order valence-electron chi connectivity index (χ3n) is 5.00. The number of halogens is 1. The Morgan fingerprint density at radius 2 is 1.74 bits per heavy atom. The molecule has 1 amide bonds. The summed E-state index contributed by atoms with van der Waals surface area (Å²) >= 11 is 0. The molecule has 6 nitrogen and oxygen atoms in total. The summed E-state index contributed by atoms with van der Waals surface area (Å²) in [5.41, 5.74) is 1.86. The SMILES string of the molecule is Cc1nc(Nc2ccc(NC(=O)/C=C/c3ccccc3F)cc2)cc(N2CCCC2)n1. The predicted molar refractivity (Wildman–Crippen MR) is 122 cm³/mol. The van der Waals surface area contributed by atoms with E-state index in [2.05, 4.69) is 25.5 Å². The number of aromatic nitrogens is 2. The molecule has 0 saturated carbocycles. The molecule has 4 rings (SSSR count). The molecule has 1 saturated heterocycles. The molecule has 1 aliphatic heterocycles. The second-order valence-corrected chi connectivity index (χ2v) is 7.40. The van der Waals surface area contributed by atoms with Crippen LogP contribution in [0.2, 0.25) is 0 Å². The van der Waals surface area contributed by atoms with Crippen LogP contribution in [0.25, 0.3) is 6.08 Å². The maximum absolute atomic E-state index is 13.6. The Balaban J connectivity index is 1.38. The molecule has 0 bridgehead atoms. The molecule has 1 aromatic heterocycles. The molecule has 31 heavy (non-hydrogen) atoms. The van der Waals surface area contributed by atoms with Crippen LogP contribution in [0.15, 0.2) is 60.7 Å². The minimum atomic E-state index is -0.366. The number of benzene rings is 2. The van der Waals surface area contributed by atoms with Gasteiger partial charge in [-0.05, 0) is 56.2 Å². The Bertz CT molecular complexity index is 1090. The number of hydrogen-bond donors (Lipinski definition) is 2. The molecule has 1 aliphatic rings. The summed E-state index contributed by atoms with van der Waals surface area (Å²) in [6, 6.07) is 15.6. The summed E-state index contributed by atoms with van der Waals surface area (Å²) < 4.78 is 13.6. The monoisotopic (exact) mass is 417 g/mol. The van der Waals surface area contributed by atoms with Crippen molar-refractivity contribution in [1.82, 2.24) is 9.97 Å². The van der Waals surface area contributed by atoms with Gasteiger partial charge in [-0.15, -0.1) is 0 Å². The quantitative estimate of drug-likeness (QED) is 0.557. The third kappa shape index (κ3) is 5.45. The molecule has 0 radical (unpaired) electrons. The van der Waals surface area contributed by atoms with Crippen molar-refractivity contribution in [3.05, 3.63) is 77.9 Å². The standard InChI is InChI=1S/C24H24FN5O/c1-17-26-22(16-23(27-17)30-14-4-5-15-30)28-19-9-11-20(12-10-19)29-24(31)13-8-18-6-2-3-7-21(18)25/h2-3,6-13,16H,4-5,14-15H2,1H3,(H,29,31)(H,26,27,28)/b13-8+. The molecule has 7 heteroatoms. The van der Waals surface area contributed by atoms with Gasteiger partial charge in [0, 0.05) is 42.2 Å². The molecule has 158 valence electrons. The van der Waals surface area contributed by atoms with Crippen molar-refractivity contribution in [2.24, 2.45) is 0 Å². The largest absolute Gasteiger partial charge is 0.356 e. The lowest BCUT2D eigenvalue weighted by molar-refractivity contribution is -0.111. The Hall–Kier alpha value is -3.74. The average Bonchev–Trinajstić information content (AvgIpc) is 3.29. The third-order valence-corrected chi connectivity index (χ3v) is 5.00. The topological polar surface area (TPSA) is 70.2 Å². The van der Waals surface area contributed by atoms with E-state index in [1.54, 1.807) is 30.3 Å². The van der Waals surface area contributed by atoms with Gasteiger partial charge in [0.15, 0.2) is 0 Å². The number of nitrogens with one attached hydrogen (secondary N) is 2. The maximum atomic E-state index is 13.6. The summed E-state index contributed by atoms with van der Waals surface area (Å²) in [6.45, 7) is 3.93. The van der Waals surface area contributed by atoms with E-state index in [9.17, 15) is 9.18 Å². The van der Waals surface area contributed by atoms with Gasteiger partial charge in [0.2, 0.25) is 5.91 Å². The molecule has 0 unspecified atom stereocenters. The smallest absolute Gasteiger partial charge is 0.248 e. The second kappa shape index (κ2) is 9.38. The molecule has 0 spiro atoms. The van der Waals surface area contributed by atoms with Gasteiger partial charge in [0.05, 0.1) is 0 Å². The van der Waals surface area contributed by atoms with E-state index in [4.69, 9.17) is 0 Å². The zero-order valence-electron chi connectivity index (χ0n) is 17.3. The van der Waals surface area contributed by atoms with Crippen molar-refractivity contribution in [1.29, 1.82) is 0 Å². The minimum absolute atomic E-state index is 0.328. The zero-order valence-corrected chi connectivity index (χ0v) is 17.3.